The maximum absolute atomic E-state index is 6.22. The minimum absolute atomic E-state index is 0.381. The molecule has 17 heavy (non-hydrogen) atoms. The van der Waals surface area contributed by atoms with Crippen LogP contribution in [0.3, 0.4) is 0 Å². The van der Waals surface area contributed by atoms with E-state index in [9.17, 15) is 0 Å². The molecule has 2 heterocycles. The molecule has 1 aliphatic heterocycles. The van der Waals surface area contributed by atoms with Crippen molar-refractivity contribution in [2.45, 2.75) is 25.3 Å². The summed E-state index contributed by atoms with van der Waals surface area (Å²) in [6, 6.07) is 4.29. The van der Waals surface area contributed by atoms with Gasteiger partial charge in [0.15, 0.2) is 0 Å². The standard InChI is InChI=1S/C13H18ClN3/c14-10-4-5-13(16-6-10)17-7-9-2-1-3-12(15)11(9)8-17/h4-6,9,11-12H,1-3,7-8,15H2. The van der Waals surface area contributed by atoms with Crippen LogP contribution in [0.2, 0.25) is 5.02 Å². The lowest BCUT2D eigenvalue weighted by molar-refractivity contribution is 0.260. The molecule has 3 nitrogen and oxygen atoms in total. The highest BCUT2D eigenvalue weighted by atomic mass is 35.5. The van der Waals surface area contributed by atoms with Gasteiger partial charge in [-0.15, -0.1) is 0 Å². The quantitative estimate of drug-likeness (QED) is 0.833. The summed E-state index contributed by atoms with van der Waals surface area (Å²) in [5.41, 5.74) is 6.22. The molecule has 0 amide bonds. The topological polar surface area (TPSA) is 42.1 Å². The van der Waals surface area contributed by atoms with Crippen LogP contribution in [0.4, 0.5) is 5.82 Å². The van der Waals surface area contributed by atoms with Gasteiger partial charge in [-0.05, 0) is 36.8 Å². The Hall–Kier alpha value is -0.800. The van der Waals surface area contributed by atoms with Crippen LogP contribution in [0, 0.1) is 11.8 Å². The normalized spacial score (nSPS) is 32.6. The lowest BCUT2D eigenvalue weighted by Crippen LogP contribution is -2.38. The Morgan fingerprint density at radius 3 is 2.88 bits per heavy atom. The van der Waals surface area contributed by atoms with Gasteiger partial charge in [-0.2, -0.15) is 0 Å². The van der Waals surface area contributed by atoms with Crippen LogP contribution in [0.1, 0.15) is 19.3 Å². The first kappa shape index (κ1) is 11.3. The van der Waals surface area contributed by atoms with Crippen molar-refractivity contribution in [1.82, 2.24) is 4.98 Å². The molecule has 2 fully saturated rings. The minimum atomic E-state index is 0.381. The van der Waals surface area contributed by atoms with Crippen molar-refractivity contribution < 1.29 is 0 Å². The number of pyridine rings is 1. The van der Waals surface area contributed by atoms with Gasteiger partial charge in [0, 0.05) is 25.3 Å². The summed E-state index contributed by atoms with van der Waals surface area (Å²) in [5, 5.41) is 0.696. The lowest BCUT2D eigenvalue weighted by atomic mass is 9.78. The molecule has 2 N–H and O–H groups in total. The summed E-state index contributed by atoms with van der Waals surface area (Å²) in [6.45, 7) is 2.16. The highest BCUT2D eigenvalue weighted by Gasteiger charge is 2.38. The molecule has 0 radical (unpaired) electrons. The largest absolute Gasteiger partial charge is 0.356 e. The van der Waals surface area contributed by atoms with Crippen LogP contribution < -0.4 is 10.6 Å². The van der Waals surface area contributed by atoms with Gasteiger partial charge in [0.05, 0.1) is 5.02 Å². The van der Waals surface area contributed by atoms with E-state index in [2.05, 4.69) is 9.88 Å². The summed E-state index contributed by atoms with van der Waals surface area (Å²) >= 11 is 5.86. The SMILES string of the molecule is NC1CCCC2CN(c3ccc(Cl)cn3)CC12. The Bertz CT molecular complexity index is 392. The van der Waals surface area contributed by atoms with Gasteiger partial charge < -0.3 is 10.6 Å². The van der Waals surface area contributed by atoms with E-state index in [1.807, 2.05) is 12.1 Å². The monoisotopic (exact) mass is 251 g/mol. The number of fused-ring (bicyclic) bond motifs is 1. The third-order valence-electron chi connectivity index (χ3n) is 4.19. The zero-order valence-electron chi connectivity index (χ0n) is 9.85. The second-order valence-electron chi connectivity index (χ2n) is 5.26. The Morgan fingerprint density at radius 2 is 2.18 bits per heavy atom. The molecule has 92 valence electrons. The van der Waals surface area contributed by atoms with E-state index in [0.29, 0.717) is 17.0 Å². The smallest absolute Gasteiger partial charge is 0.128 e. The Labute approximate surface area is 107 Å². The average molecular weight is 252 g/mol. The number of nitrogens with zero attached hydrogens (tertiary/aromatic N) is 2. The van der Waals surface area contributed by atoms with Crippen LogP contribution >= 0.6 is 11.6 Å². The number of nitrogens with two attached hydrogens (primary N) is 1. The third-order valence-corrected chi connectivity index (χ3v) is 4.41. The van der Waals surface area contributed by atoms with Crippen LogP contribution in [0.5, 0.6) is 0 Å². The molecular weight excluding hydrogens is 234 g/mol. The molecule has 1 aliphatic carbocycles. The predicted octanol–water partition coefficient (Wildman–Crippen LogP) is 2.30. The average Bonchev–Trinajstić information content (AvgIpc) is 2.75. The van der Waals surface area contributed by atoms with E-state index < -0.39 is 0 Å². The molecule has 1 aromatic heterocycles. The maximum Gasteiger partial charge on any atom is 0.128 e. The molecule has 0 spiro atoms. The Balaban J connectivity index is 1.76. The summed E-state index contributed by atoms with van der Waals surface area (Å²) in [5.74, 6) is 2.45. The van der Waals surface area contributed by atoms with Crippen molar-refractivity contribution in [2.24, 2.45) is 17.6 Å². The van der Waals surface area contributed by atoms with E-state index in [1.54, 1.807) is 6.20 Å². The number of hydrogen-bond donors (Lipinski definition) is 1. The minimum Gasteiger partial charge on any atom is -0.356 e. The van der Waals surface area contributed by atoms with E-state index in [0.717, 1.165) is 24.8 Å². The van der Waals surface area contributed by atoms with Crippen molar-refractivity contribution in [2.75, 3.05) is 18.0 Å². The molecule has 1 aromatic rings. The summed E-state index contributed by atoms with van der Waals surface area (Å²) < 4.78 is 0. The molecule has 4 heteroatoms. The van der Waals surface area contributed by atoms with Gasteiger partial charge in [-0.1, -0.05) is 18.0 Å². The molecular formula is C13H18ClN3. The molecule has 0 aromatic carbocycles. The van der Waals surface area contributed by atoms with E-state index in [1.165, 1.54) is 19.3 Å². The number of anilines is 1. The zero-order valence-corrected chi connectivity index (χ0v) is 10.6. The first-order chi connectivity index (χ1) is 8.24. The van der Waals surface area contributed by atoms with Gasteiger partial charge in [0.1, 0.15) is 5.82 Å². The predicted molar refractivity (Wildman–Crippen MR) is 70.3 cm³/mol. The first-order valence-electron chi connectivity index (χ1n) is 6.36. The van der Waals surface area contributed by atoms with Crippen molar-refractivity contribution in [3.63, 3.8) is 0 Å². The fraction of sp³-hybridized carbons (Fsp3) is 0.615. The molecule has 0 bridgehead atoms. The Kier molecular flexibility index (Phi) is 2.97. The van der Waals surface area contributed by atoms with Gasteiger partial charge >= 0.3 is 0 Å². The molecule has 1 saturated carbocycles. The highest BCUT2D eigenvalue weighted by Crippen LogP contribution is 2.37. The third kappa shape index (κ3) is 2.14. The number of rotatable bonds is 1. The van der Waals surface area contributed by atoms with Crippen molar-refractivity contribution >= 4 is 17.4 Å². The fourth-order valence-electron chi connectivity index (χ4n) is 3.26. The van der Waals surface area contributed by atoms with Crippen LogP contribution in [-0.2, 0) is 0 Å². The van der Waals surface area contributed by atoms with Crippen molar-refractivity contribution in [3.05, 3.63) is 23.4 Å². The number of hydrogen-bond acceptors (Lipinski definition) is 3. The lowest BCUT2D eigenvalue weighted by Gasteiger charge is -2.29. The number of aromatic nitrogens is 1. The second-order valence-corrected chi connectivity index (χ2v) is 5.69. The zero-order chi connectivity index (χ0) is 11.8. The molecule has 2 aliphatic rings. The second kappa shape index (κ2) is 4.46. The van der Waals surface area contributed by atoms with Crippen LogP contribution in [0.25, 0.3) is 0 Å². The summed E-state index contributed by atoms with van der Waals surface area (Å²) in [4.78, 5) is 6.75. The molecule has 3 unspecified atom stereocenters. The van der Waals surface area contributed by atoms with Gasteiger partial charge in [-0.25, -0.2) is 4.98 Å². The fourth-order valence-corrected chi connectivity index (χ4v) is 3.37. The summed E-state index contributed by atoms with van der Waals surface area (Å²) in [6.07, 6.45) is 5.51. The molecule has 3 atom stereocenters. The highest BCUT2D eigenvalue weighted by molar-refractivity contribution is 6.30. The van der Waals surface area contributed by atoms with E-state index in [4.69, 9.17) is 17.3 Å². The summed E-state index contributed by atoms with van der Waals surface area (Å²) in [7, 11) is 0. The van der Waals surface area contributed by atoms with E-state index in [-0.39, 0.29) is 0 Å². The van der Waals surface area contributed by atoms with E-state index >= 15 is 0 Å². The van der Waals surface area contributed by atoms with Gasteiger partial charge in [0.25, 0.3) is 0 Å². The maximum atomic E-state index is 6.22. The van der Waals surface area contributed by atoms with Crippen LogP contribution in [0.15, 0.2) is 18.3 Å². The van der Waals surface area contributed by atoms with Crippen molar-refractivity contribution in [1.29, 1.82) is 0 Å². The first-order valence-corrected chi connectivity index (χ1v) is 6.74. The van der Waals surface area contributed by atoms with Gasteiger partial charge in [0.2, 0.25) is 0 Å². The van der Waals surface area contributed by atoms with Crippen LogP contribution in [-0.4, -0.2) is 24.1 Å². The van der Waals surface area contributed by atoms with Gasteiger partial charge in [-0.3, -0.25) is 0 Å². The molecule has 1 saturated heterocycles. The Morgan fingerprint density at radius 1 is 1.29 bits per heavy atom. The van der Waals surface area contributed by atoms with Crippen molar-refractivity contribution in [3.8, 4) is 0 Å². The molecule has 3 rings (SSSR count). The number of halogens is 1.